The molecule has 0 aromatic rings. The topological polar surface area (TPSA) is 41.1 Å². The second kappa shape index (κ2) is 6.55. The van der Waals surface area contributed by atoms with E-state index in [0.29, 0.717) is 19.4 Å². The Labute approximate surface area is 124 Å². The van der Waals surface area contributed by atoms with Gasteiger partial charge in [0.05, 0.1) is 5.92 Å². The maximum Gasteiger partial charge on any atom is 0.391 e. The standard InChI is InChI=1S/C15H25F3N2O/c1-14(7-2-8-19-9-14)10-20-13(21)11-3-5-12(6-4-11)15(16,17)18/h11-12,19H,2-10H2,1H3,(H,20,21). The molecule has 0 spiro atoms. The molecule has 1 amide bonds. The highest BCUT2D eigenvalue weighted by atomic mass is 19.4. The number of carbonyl (C=O) groups excluding carboxylic acids is 1. The zero-order chi connectivity index (χ0) is 15.5. The summed E-state index contributed by atoms with van der Waals surface area (Å²) in [7, 11) is 0. The zero-order valence-corrected chi connectivity index (χ0v) is 12.6. The molecule has 2 N–H and O–H groups in total. The number of carbonyl (C=O) groups is 1. The van der Waals surface area contributed by atoms with Crippen molar-refractivity contribution in [2.45, 2.75) is 51.6 Å². The van der Waals surface area contributed by atoms with Gasteiger partial charge in [-0.2, -0.15) is 13.2 Å². The van der Waals surface area contributed by atoms with Crippen LogP contribution < -0.4 is 10.6 Å². The van der Waals surface area contributed by atoms with Gasteiger partial charge in [-0.1, -0.05) is 6.92 Å². The minimum atomic E-state index is -4.11. The Morgan fingerprint density at radius 3 is 2.48 bits per heavy atom. The Balaban J connectivity index is 1.75. The highest BCUT2D eigenvalue weighted by Crippen LogP contribution is 2.39. The first-order valence-corrected chi connectivity index (χ1v) is 7.85. The van der Waals surface area contributed by atoms with E-state index in [1.165, 1.54) is 0 Å². The maximum absolute atomic E-state index is 12.6. The molecular weight excluding hydrogens is 281 g/mol. The van der Waals surface area contributed by atoms with Gasteiger partial charge >= 0.3 is 6.18 Å². The Kier molecular flexibility index (Phi) is 5.17. The molecule has 2 fully saturated rings. The van der Waals surface area contributed by atoms with Crippen LogP contribution in [0.4, 0.5) is 13.2 Å². The lowest BCUT2D eigenvalue weighted by Gasteiger charge is -2.35. The molecule has 3 nitrogen and oxygen atoms in total. The van der Waals surface area contributed by atoms with Crippen LogP contribution >= 0.6 is 0 Å². The van der Waals surface area contributed by atoms with Crippen LogP contribution in [-0.4, -0.2) is 31.7 Å². The van der Waals surface area contributed by atoms with Crippen LogP contribution in [0.3, 0.4) is 0 Å². The molecule has 1 saturated heterocycles. The quantitative estimate of drug-likeness (QED) is 0.842. The third-order valence-corrected chi connectivity index (χ3v) is 4.94. The zero-order valence-electron chi connectivity index (χ0n) is 12.6. The van der Waals surface area contributed by atoms with Gasteiger partial charge in [0.15, 0.2) is 0 Å². The summed E-state index contributed by atoms with van der Waals surface area (Å²) in [5.74, 6) is -1.53. The predicted octanol–water partition coefficient (Wildman–Crippen LogP) is 2.86. The number of halogens is 3. The van der Waals surface area contributed by atoms with Crippen molar-refractivity contribution in [3.8, 4) is 0 Å². The molecular formula is C15H25F3N2O. The van der Waals surface area contributed by atoms with Gasteiger partial charge < -0.3 is 10.6 Å². The van der Waals surface area contributed by atoms with E-state index in [0.717, 1.165) is 25.9 Å². The van der Waals surface area contributed by atoms with Gasteiger partial charge in [-0.05, 0) is 50.5 Å². The first-order chi connectivity index (χ1) is 9.80. The largest absolute Gasteiger partial charge is 0.391 e. The van der Waals surface area contributed by atoms with Gasteiger partial charge in [-0.3, -0.25) is 4.79 Å². The van der Waals surface area contributed by atoms with E-state index in [1.54, 1.807) is 0 Å². The molecule has 0 aromatic heterocycles. The fourth-order valence-corrected chi connectivity index (χ4v) is 3.40. The van der Waals surface area contributed by atoms with Gasteiger partial charge in [0, 0.05) is 19.0 Å². The molecule has 1 heterocycles. The molecule has 6 heteroatoms. The normalized spacial score (nSPS) is 34.5. The number of nitrogens with one attached hydrogen (secondary N) is 2. The lowest BCUT2D eigenvalue weighted by molar-refractivity contribution is -0.184. The maximum atomic E-state index is 12.6. The molecule has 0 bridgehead atoms. The predicted molar refractivity (Wildman–Crippen MR) is 74.7 cm³/mol. The second-order valence-corrected chi connectivity index (χ2v) is 6.90. The summed E-state index contributed by atoms with van der Waals surface area (Å²) in [4.78, 5) is 12.1. The first kappa shape index (κ1) is 16.6. The summed E-state index contributed by atoms with van der Waals surface area (Å²) in [6.07, 6.45) is -1.07. The summed E-state index contributed by atoms with van der Waals surface area (Å²) < 4.78 is 37.8. The first-order valence-electron chi connectivity index (χ1n) is 7.85. The lowest BCUT2D eigenvalue weighted by atomic mass is 9.80. The van der Waals surface area contributed by atoms with Crippen molar-refractivity contribution in [2.75, 3.05) is 19.6 Å². The van der Waals surface area contributed by atoms with Crippen LogP contribution in [0.25, 0.3) is 0 Å². The van der Waals surface area contributed by atoms with Gasteiger partial charge in [-0.15, -0.1) is 0 Å². The van der Waals surface area contributed by atoms with Gasteiger partial charge in [-0.25, -0.2) is 0 Å². The fraction of sp³-hybridized carbons (Fsp3) is 0.933. The molecule has 0 radical (unpaired) electrons. The van der Waals surface area contributed by atoms with E-state index in [-0.39, 0.29) is 30.1 Å². The van der Waals surface area contributed by atoms with E-state index in [2.05, 4.69) is 17.6 Å². The molecule has 1 saturated carbocycles. The molecule has 2 aliphatic rings. The summed E-state index contributed by atoms with van der Waals surface area (Å²) in [5, 5.41) is 6.28. The summed E-state index contributed by atoms with van der Waals surface area (Å²) >= 11 is 0. The number of rotatable bonds is 3. The van der Waals surface area contributed by atoms with E-state index in [9.17, 15) is 18.0 Å². The number of hydrogen-bond acceptors (Lipinski definition) is 2. The van der Waals surface area contributed by atoms with Crippen LogP contribution in [0.5, 0.6) is 0 Å². The molecule has 21 heavy (non-hydrogen) atoms. The van der Waals surface area contributed by atoms with Crippen LogP contribution in [0.1, 0.15) is 45.4 Å². The Morgan fingerprint density at radius 2 is 1.95 bits per heavy atom. The number of piperidine rings is 1. The molecule has 122 valence electrons. The van der Waals surface area contributed by atoms with Crippen molar-refractivity contribution in [1.29, 1.82) is 0 Å². The highest BCUT2D eigenvalue weighted by molar-refractivity contribution is 5.78. The number of hydrogen-bond donors (Lipinski definition) is 2. The Hall–Kier alpha value is -0.780. The van der Waals surface area contributed by atoms with Crippen LogP contribution in [-0.2, 0) is 4.79 Å². The van der Waals surface area contributed by atoms with Crippen molar-refractivity contribution in [2.24, 2.45) is 17.3 Å². The minimum absolute atomic E-state index is 0.0665. The van der Waals surface area contributed by atoms with Gasteiger partial charge in [0.1, 0.15) is 0 Å². The van der Waals surface area contributed by atoms with E-state index >= 15 is 0 Å². The van der Waals surface area contributed by atoms with Gasteiger partial charge in [0.25, 0.3) is 0 Å². The molecule has 2 rings (SSSR count). The van der Waals surface area contributed by atoms with Crippen molar-refractivity contribution in [3.05, 3.63) is 0 Å². The summed E-state index contributed by atoms with van der Waals surface area (Å²) in [5.41, 5.74) is 0.0665. The summed E-state index contributed by atoms with van der Waals surface area (Å²) in [6.45, 7) is 4.65. The Bertz CT molecular complexity index is 356. The highest BCUT2D eigenvalue weighted by Gasteiger charge is 2.42. The average Bonchev–Trinajstić information content (AvgIpc) is 2.45. The second-order valence-electron chi connectivity index (χ2n) is 6.90. The van der Waals surface area contributed by atoms with Crippen molar-refractivity contribution in [3.63, 3.8) is 0 Å². The van der Waals surface area contributed by atoms with E-state index in [1.807, 2.05) is 0 Å². The average molecular weight is 306 g/mol. The van der Waals surface area contributed by atoms with Crippen LogP contribution in [0, 0.1) is 17.3 Å². The summed E-state index contributed by atoms with van der Waals surface area (Å²) in [6, 6.07) is 0. The molecule has 1 unspecified atom stereocenters. The number of amides is 1. The van der Waals surface area contributed by atoms with Crippen LogP contribution in [0.2, 0.25) is 0 Å². The third-order valence-electron chi connectivity index (χ3n) is 4.94. The smallest absolute Gasteiger partial charge is 0.355 e. The molecule has 1 aliphatic carbocycles. The Morgan fingerprint density at radius 1 is 1.29 bits per heavy atom. The van der Waals surface area contributed by atoms with Crippen molar-refractivity contribution in [1.82, 2.24) is 10.6 Å². The SMILES string of the molecule is CC1(CNC(=O)C2CCC(C(F)(F)F)CC2)CCCNC1. The fourth-order valence-electron chi connectivity index (χ4n) is 3.40. The van der Waals surface area contributed by atoms with E-state index in [4.69, 9.17) is 0 Å². The molecule has 0 aromatic carbocycles. The monoisotopic (exact) mass is 306 g/mol. The van der Waals surface area contributed by atoms with Crippen molar-refractivity contribution >= 4 is 5.91 Å². The van der Waals surface area contributed by atoms with E-state index < -0.39 is 12.1 Å². The number of alkyl halides is 3. The lowest BCUT2D eigenvalue weighted by Crippen LogP contribution is -2.47. The van der Waals surface area contributed by atoms with Gasteiger partial charge in [0.2, 0.25) is 5.91 Å². The molecule has 1 atom stereocenters. The van der Waals surface area contributed by atoms with Crippen LogP contribution in [0.15, 0.2) is 0 Å². The third kappa shape index (κ3) is 4.59. The minimum Gasteiger partial charge on any atom is -0.355 e. The van der Waals surface area contributed by atoms with Crippen molar-refractivity contribution < 1.29 is 18.0 Å². The molecule has 1 aliphatic heterocycles.